The lowest BCUT2D eigenvalue weighted by molar-refractivity contribution is -0.140. The Labute approximate surface area is 190 Å². The first-order valence-corrected chi connectivity index (χ1v) is 11.3. The van der Waals surface area contributed by atoms with Gasteiger partial charge < -0.3 is 9.72 Å². The molecule has 4 aromatic rings. The third-order valence-corrected chi connectivity index (χ3v) is 6.07. The summed E-state index contributed by atoms with van der Waals surface area (Å²) in [4.78, 5) is 19.6. The second-order valence-electron chi connectivity index (χ2n) is 7.28. The summed E-state index contributed by atoms with van der Waals surface area (Å²) in [7, 11) is 0. The number of H-pyrrole nitrogens is 1. The van der Waals surface area contributed by atoms with Crippen LogP contribution in [0.1, 0.15) is 13.3 Å². The molecule has 0 aliphatic carbocycles. The fraction of sp³-hybridized carbons (Fsp3) is 0.154. The van der Waals surface area contributed by atoms with Crippen LogP contribution in [0, 0.1) is 5.82 Å². The van der Waals surface area contributed by atoms with E-state index >= 15 is 0 Å². The smallest absolute Gasteiger partial charge is 0.302 e. The van der Waals surface area contributed by atoms with Crippen molar-refractivity contribution in [2.75, 3.05) is 12.4 Å². The summed E-state index contributed by atoms with van der Waals surface area (Å²) < 4.78 is 18.4. The second kappa shape index (κ2) is 10.3. The zero-order valence-electron chi connectivity index (χ0n) is 17.7. The van der Waals surface area contributed by atoms with Gasteiger partial charge in [0.25, 0.3) is 0 Å². The number of nitrogens with one attached hydrogen (secondary N) is 1. The van der Waals surface area contributed by atoms with Crippen LogP contribution >= 0.6 is 11.8 Å². The van der Waals surface area contributed by atoms with Gasteiger partial charge in [-0.1, -0.05) is 12.1 Å². The first-order chi connectivity index (χ1) is 15.6. The molecular formula is C26H23FN2O2S. The number of aromatic amines is 1. The number of carbonyl (C=O) groups excluding carboxylic acids is 1. The van der Waals surface area contributed by atoms with Crippen molar-refractivity contribution in [2.45, 2.75) is 18.2 Å². The fourth-order valence-corrected chi connectivity index (χ4v) is 4.24. The van der Waals surface area contributed by atoms with Crippen molar-refractivity contribution in [2.24, 2.45) is 0 Å². The van der Waals surface area contributed by atoms with Crippen LogP contribution in [-0.4, -0.2) is 28.3 Å². The van der Waals surface area contributed by atoms with E-state index in [1.54, 1.807) is 36.3 Å². The Morgan fingerprint density at radius 3 is 2.34 bits per heavy atom. The Kier molecular flexibility index (Phi) is 7.02. The monoisotopic (exact) mass is 446 g/mol. The topological polar surface area (TPSA) is 55.0 Å². The van der Waals surface area contributed by atoms with Crippen molar-refractivity contribution in [1.82, 2.24) is 9.97 Å². The molecule has 0 fully saturated rings. The zero-order chi connectivity index (χ0) is 22.3. The van der Waals surface area contributed by atoms with Gasteiger partial charge in [0.15, 0.2) is 0 Å². The van der Waals surface area contributed by atoms with E-state index in [0.717, 1.165) is 50.7 Å². The minimum atomic E-state index is -0.257. The average molecular weight is 447 g/mol. The van der Waals surface area contributed by atoms with Gasteiger partial charge in [-0.05, 0) is 77.7 Å². The molecule has 0 saturated carbocycles. The highest BCUT2D eigenvalue weighted by atomic mass is 32.2. The summed E-state index contributed by atoms with van der Waals surface area (Å²) in [5.41, 5.74) is 6.00. The number of hydrogen-bond acceptors (Lipinski definition) is 4. The van der Waals surface area contributed by atoms with Gasteiger partial charge in [-0.3, -0.25) is 9.78 Å². The van der Waals surface area contributed by atoms with E-state index in [1.807, 2.05) is 12.1 Å². The predicted octanol–water partition coefficient (Wildman–Crippen LogP) is 6.60. The zero-order valence-corrected chi connectivity index (χ0v) is 18.5. The number of aromatic nitrogens is 2. The Balaban J connectivity index is 1.56. The maximum atomic E-state index is 13.5. The lowest BCUT2D eigenvalue weighted by atomic mass is 10.0. The van der Waals surface area contributed by atoms with Crippen molar-refractivity contribution < 1.29 is 13.9 Å². The number of ether oxygens (including phenoxy) is 1. The Hall–Kier alpha value is -3.38. The molecule has 2 aromatic carbocycles. The molecule has 0 radical (unpaired) electrons. The van der Waals surface area contributed by atoms with Gasteiger partial charge in [-0.25, -0.2) is 4.39 Å². The number of esters is 1. The van der Waals surface area contributed by atoms with Crippen LogP contribution < -0.4 is 0 Å². The molecule has 4 rings (SSSR count). The Bertz CT molecular complexity index is 1170. The van der Waals surface area contributed by atoms with Gasteiger partial charge in [0.05, 0.1) is 12.3 Å². The van der Waals surface area contributed by atoms with E-state index in [2.05, 4.69) is 40.3 Å². The average Bonchev–Trinajstić information content (AvgIpc) is 3.26. The second-order valence-corrected chi connectivity index (χ2v) is 8.45. The van der Waals surface area contributed by atoms with Crippen LogP contribution in [0.3, 0.4) is 0 Å². The van der Waals surface area contributed by atoms with Gasteiger partial charge in [-0.15, -0.1) is 11.8 Å². The third-order valence-electron chi connectivity index (χ3n) is 4.97. The fourth-order valence-electron chi connectivity index (χ4n) is 3.41. The van der Waals surface area contributed by atoms with Crippen LogP contribution in [-0.2, 0) is 9.53 Å². The van der Waals surface area contributed by atoms with E-state index in [-0.39, 0.29) is 11.8 Å². The first kappa shape index (κ1) is 21.8. The van der Waals surface area contributed by atoms with E-state index in [9.17, 15) is 9.18 Å². The summed E-state index contributed by atoms with van der Waals surface area (Å²) in [6.45, 7) is 1.88. The molecule has 0 amide bonds. The van der Waals surface area contributed by atoms with Gasteiger partial charge in [0.1, 0.15) is 5.82 Å². The number of thioether (sulfide) groups is 1. The number of rotatable bonds is 8. The molecule has 0 atom stereocenters. The summed E-state index contributed by atoms with van der Waals surface area (Å²) in [5.74, 6) is 0.388. The standard InChI is InChI=1S/C26H23FN2O2S/c1-18(30)31-15-2-16-32-23-9-5-20(6-10-23)25-17-24(19-11-13-28-14-12-19)26(29-25)21-3-7-22(27)8-4-21/h3-14,17,29H,2,15-16H2,1H3. The number of hydrogen-bond donors (Lipinski definition) is 1. The molecule has 0 aliphatic rings. The van der Waals surface area contributed by atoms with Gasteiger partial charge >= 0.3 is 5.97 Å². The van der Waals surface area contributed by atoms with Crippen LogP contribution in [0.25, 0.3) is 33.6 Å². The third kappa shape index (κ3) is 5.45. The molecule has 32 heavy (non-hydrogen) atoms. The summed E-state index contributed by atoms with van der Waals surface area (Å²) in [6, 6.07) is 20.9. The molecule has 0 bridgehead atoms. The lowest BCUT2D eigenvalue weighted by Gasteiger charge is -2.05. The maximum Gasteiger partial charge on any atom is 0.302 e. The molecule has 4 nitrogen and oxygen atoms in total. The Morgan fingerprint density at radius 1 is 0.969 bits per heavy atom. The molecule has 0 unspecified atom stereocenters. The molecule has 0 spiro atoms. The molecule has 2 aromatic heterocycles. The quantitative estimate of drug-likeness (QED) is 0.188. The lowest BCUT2D eigenvalue weighted by Crippen LogP contribution is -2.01. The van der Waals surface area contributed by atoms with Crippen molar-refractivity contribution in [3.8, 4) is 33.6 Å². The summed E-state index contributed by atoms with van der Waals surface area (Å²) in [6.07, 6.45) is 4.35. The predicted molar refractivity (Wildman–Crippen MR) is 127 cm³/mol. The van der Waals surface area contributed by atoms with E-state index in [4.69, 9.17) is 4.74 Å². The van der Waals surface area contributed by atoms with E-state index in [0.29, 0.717) is 6.61 Å². The highest BCUT2D eigenvalue weighted by molar-refractivity contribution is 7.99. The number of nitrogens with zero attached hydrogens (tertiary/aromatic N) is 1. The molecule has 0 aliphatic heterocycles. The first-order valence-electron chi connectivity index (χ1n) is 10.4. The summed E-state index contributed by atoms with van der Waals surface area (Å²) in [5, 5.41) is 0. The van der Waals surface area contributed by atoms with Crippen LogP contribution in [0.5, 0.6) is 0 Å². The number of carbonyl (C=O) groups is 1. The molecule has 162 valence electrons. The largest absolute Gasteiger partial charge is 0.466 e. The highest BCUT2D eigenvalue weighted by Gasteiger charge is 2.13. The molecular weight excluding hydrogens is 423 g/mol. The van der Waals surface area contributed by atoms with Gasteiger partial charge in [0, 0.05) is 41.2 Å². The molecule has 1 N–H and O–H groups in total. The van der Waals surface area contributed by atoms with Crippen LogP contribution in [0.2, 0.25) is 0 Å². The number of benzene rings is 2. The van der Waals surface area contributed by atoms with Gasteiger partial charge in [-0.2, -0.15) is 0 Å². The minimum absolute atomic E-state index is 0.239. The molecule has 2 heterocycles. The van der Waals surface area contributed by atoms with Crippen molar-refractivity contribution >= 4 is 17.7 Å². The van der Waals surface area contributed by atoms with Crippen molar-refractivity contribution in [1.29, 1.82) is 0 Å². The molecule has 0 saturated heterocycles. The van der Waals surface area contributed by atoms with Crippen molar-refractivity contribution in [3.05, 3.63) is 84.9 Å². The highest BCUT2D eigenvalue weighted by Crippen LogP contribution is 2.36. The molecule has 6 heteroatoms. The number of halogens is 1. The normalized spacial score (nSPS) is 10.8. The van der Waals surface area contributed by atoms with E-state index < -0.39 is 0 Å². The Morgan fingerprint density at radius 2 is 1.66 bits per heavy atom. The maximum absolute atomic E-state index is 13.5. The SMILES string of the molecule is CC(=O)OCCCSc1ccc(-c2cc(-c3ccncc3)c(-c3ccc(F)cc3)[nH]2)cc1. The van der Waals surface area contributed by atoms with Gasteiger partial charge in [0.2, 0.25) is 0 Å². The van der Waals surface area contributed by atoms with Crippen LogP contribution in [0.4, 0.5) is 4.39 Å². The van der Waals surface area contributed by atoms with Crippen LogP contribution in [0.15, 0.2) is 84.0 Å². The van der Waals surface area contributed by atoms with Crippen molar-refractivity contribution in [3.63, 3.8) is 0 Å². The number of pyridine rings is 1. The van der Waals surface area contributed by atoms with E-state index in [1.165, 1.54) is 19.1 Å². The minimum Gasteiger partial charge on any atom is -0.466 e. The summed E-state index contributed by atoms with van der Waals surface area (Å²) >= 11 is 1.74.